The summed E-state index contributed by atoms with van der Waals surface area (Å²) >= 11 is 0. The molecule has 0 aromatic heterocycles. The number of piperidine rings is 1. The average Bonchev–Trinajstić information content (AvgIpc) is 2.76. The van der Waals surface area contributed by atoms with Gasteiger partial charge in [0.15, 0.2) is 12.6 Å². The van der Waals surface area contributed by atoms with E-state index in [1.165, 1.54) is 7.11 Å². The highest BCUT2D eigenvalue weighted by molar-refractivity contribution is 5.97. The number of hydrogen-bond donors (Lipinski definition) is 2. The standard InChI is InChI=1S/C20H29N5O4/c1-21-19(23-15-8-12-24(13-9-15)20(27)28-2)22-10-5-11-25-16-6-3-4-7-17(16)29-14-18(25)26/h3-4,6-7,15H,5,8-14H2,1-2H3,(H2,21,22,23). The summed E-state index contributed by atoms with van der Waals surface area (Å²) in [6.45, 7) is 2.71. The third-order valence-electron chi connectivity index (χ3n) is 5.15. The quantitative estimate of drug-likeness (QED) is 0.436. The molecule has 1 aromatic rings. The number of para-hydroxylation sites is 2. The molecule has 2 N–H and O–H groups in total. The maximum absolute atomic E-state index is 12.2. The van der Waals surface area contributed by atoms with Gasteiger partial charge in [0.25, 0.3) is 5.91 Å². The predicted octanol–water partition coefficient (Wildman–Crippen LogP) is 1.20. The molecule has 1 aromatic carbocycles. The number of fused-ring (bicyclic) bond motifs is 1. The number of amides is 2. The third-order valence-corrected chi connectivity index (χ3v) is 5.15. The number of rotatable bonds is 5. The van der Waals surface area contributed by atoms with Gasteiger partial charge in [-0.05, 0) is 31.4 Å². The van der Waals surface area contributed by atoms with Crippen LogP contribution in [0.2, 0.25) is 0 Å². The summed E-state index contributed by atoms with van der Waals surface area (Å²) < 4.78 is 10.2. The lowest BCUT2D eigenvalue weighted by Gasteiger charge is -2.32. The summed E-state index contributed by atoms with van der Waals surface area (Å²) in [5.74, 6) is 1.45. The highest BCUT2D eigenvalue weighted by Gasteiger charge is 2.25. The van der Waals surface area contributed by atoms with Crippen LogP contribution in [0.4, 0.5) is 10.5 Å². The summed E-state index contributed by atoms with van der Waals surface area (Å²) in [7, 11) is 3.14. The smallest absolute Gasteiger partial charge is 0.409 e. The van der Waals surface area contributed by atoms with Crippen LogP contribution in [0.3, 0.4) is 0 Å². The Morgan fingerprint density at radius 3 is 2.79 bits per heavy atom. The minimum Gasteiger partial charge on any atom is -0.482 e. The van der Waals surface area contributed by atoms with E-state index in [1.54, 1.807) is 16.8 Å². The van der Waals surface area contributed by atoms with Gasteiger partial charge >= 0.3 is 6.09 Å². The summed E-state index contributed by atoms with van der Waals surface area (Å²) in [5, 5.41) is 6.71. The molecule has 2 heterocycles. The second kappa shape index (κ2) is 9.99. The molecule has 3 rings (SSSR count). The first kappa shape index (κ1) is 20.8. The van der Waals surface area contributed by atoms with Crippen LogP contribution in [-0.2, 0) is 9.53 Å². The van der Waals surface area contributed by atoms with E-state index in [0.29, 0.717) is 26.2 Å². The Morgan fingerprint density at radius 1 is 1.31 bits per heavy atom. The molecule has 29 heavy (non-hydrogen) atoms. The molecule has 0 spiro atoms. The maximum Gasteiger partial charge on any atom is 0.409 e. The summed E-state index contributed by atoms with van der Waals surface area (Å²) in [5.41, 5.74) is 0.823. The zero-order valence-corrected chi connectivity index (χ0v) is 17.0. The van der Waals surface area contributed by atoms with E-state index in [-0.39, 0.29) is 24.6 Å². The van der Waals surface area contributed by atoms with E-state index in [4.69, 9.17) is 9.47 Å². The zero-order chi connectivity index (χ0) is 20.6. The van der Waals surface area contributed by atoms with Crippen LogP contribution in [-0.4, -0.2) is 75.8 Å². The number of methoxy groups -OCH3 is 1. The molecule has 2 amide bonds. The summed E-state index contributed by atoms with van der Waals surface area (Å²) in [6, 6.07) is 7.85. The Balaban J connectivity index is 1.41. The lowest BCUT2D eigenvalue weighted by Crippen LogP contribution is -2.50. The molecular weight excluding hydrogens is 374 g/mol. The van der Waals surface area contributed by atoms with Gasteiger partial charge in [-0.3, -0.25) is 9.79 Å². The molecule has 158 valence electrons. The lowest BCUT2D eigenvalue weighted by atomic mass is 10.1. The van der Waals surface area contributed by atoms with E-state index in [2.05, 4.69) is 15.6 Å². The Labute approximate surface area is 171 Å². The van der Waals surface area contributed by atoms with Crippen LogP contribution >= 0.6 is 0 Å². The number of guanidine groups is 1. The predicted molar refractivity (Wildman–Crippen MR) is 110 cm³/mol. The molecule has 1 saturated heterocycles. The van der Waals surface area contributed by atoms with E-state index >= 15 is 0 Å². The van der Waals surface area contributed by atoms with E-state index in [0.717, 1.165) is 36.7 Å². The Kier molecular flexibility index (Phi) is 7.15. The monoisotopic (exact) mass is 403 g/mol. The molecule has 9 heteroatoms. The van der Waals surface area contributed by atoms with Crippen molar-refractivity contribution < 1.29 is 19.1 Å². The number of likely N-dealkylation sites (tertiary alicyclic amines) is 1. The molecule has 0 bridgehead atoms. The van der Waals surface area contributed by atoms with Crippen molar-refractivity contribution in [3.05, 3.63) is 24.3 Å². The number of nitrogens with zero attached hydrogens (tertiary/aromatic N) is 3. The highest BCUT2D eigenvalue weighted by Crippen LogP contribution is 2.31. The number of benzene rings is 1. The molecular formula is C20H29N5O4. The van der Waals surface area contributed by atoms with E-state index < -0.39 is 0 Å². The van der Waals surface area contributed by atoms with Crippen molar-refractivity contribution >= 4 is 23.6 Å². The van der Waals surface area contributed by atoms with Crippen LogP contribution in [0.25, 0.3) is 0 Å². The fourth-order valence-corrected chi connectivity index (χ4v) is 3.57. The molecule has 2 aliphatic rings. The fraction of sp³-hybridized carbons (Fsp3) is 0.550. The van der Waals surface area contributed by atoms with Crippen LogP contribution in [0, 0.1) is 0 Å². The normalized spacial score (nSPS) is 17.4. The van der Waals surface area contributed by atoms with Gasteiger partial charge in [-0.25, -0.2) is 4.79 Å². The minimum atomic E-state index is -0.273. The topological polar surface area (TPSA) is 95.5 Å². The largest absolute Gasteiger partial charge is 0.482 e. The van der Waals surface area contributed by atoms with Gasteiger partial charge in [-0.2, -0.15) is 0 Å². The summed E-state index contributed by atoms with van der Waals surface area (Å²) in [4.78, 5) is 31.5. The average molecular weight is 403 g/mol. The molecule has 0 radical (unpaired) electrons. The summed E-state index contributed by atoms with van der Waals surface area (Å²) in [6.07, 6.45) is 2.19. The molecule has 0 unspecified atom stereocenters. The van der Waals surface area contributed by atoms with Gasteiger partial charge in [0.05, 0.1) is 12.8 Å². The lowest BCUT2D eigenvalue weighted by molar-refractivity contribution is -0.121. The Hall–Kier alpha value is -2.97. The molecule has 0 saturated carbocycles. The van der Waals surface area contributed by atoms with Gasteiger partial charge in [0.1, 0.15) is 5.75 Å². The first-order valence-electron chi connectivity index (χ1n) is 9.94. The SMILES string of the molecule is CN=C(NCCCN1C(=O)COc2ccccc21)NC1CCN(C(=O)OC)CC1. The van der Waals surface area contributed by atoms with Gasteiger partial charge < -0.3 is 29.9 Å². The first-order valence-corrected chi connectivity index (χ1v) is 9.94. The molecule has 9 nitrogen and oxygen atoms in total. The number of aliphatic imine (C=N–C) groups is 1. The van der Waals surface area contributed by atoms with Crippen LogP contribution in [0.1, 0.15) is 19.3 Å². The van der Waals surface area contributed by atoms with Crippen molar-refractivity contribution in [1.82, 2.24) is 15.5 Å². The minimum absolute atomic E-state index is 0.0245. The number of hydrogen-bond acceptors (Lipinski definition) is 5. The van der Waals surface area contributed by atoms with Crippen LogP contribution in [0.15, 0.2) is 29.3 Å². The van der Waals surface area contributed by atoms with Crippen molar-refractivity contribution in [2.45, 2.75) is 25.3 Å². The molecule has 0 atom stereocenters. The van der Waals surface area contributed by atoms with Gasteiger partial charge in [0.2, 0.25) is 0 Å². The van der Waals surface area contributed by atoms with Gasteiger partial charge in [-0.15, -0.1) is 0 Å². The van der Waals surface area contributed by atoms with E-state index in [1.807, 2.05) is 24.3 Å². The van der Waals surface area contributed by atoms with Crippen molar-refractivity contribution in [2.75, 3.05) is 51.8 Å². The molecule has 2 aliphatic heterocycles. The van der Waals surface area contributed by atoms with Crippen molar-refractivity contribution in [3.63, 3.8) is 0 Å². The van der Waals surface area contributed by atoms with Gasteiger partial charge in [-0.1, -0.05) is 12.1 Å². The fourth-order valence-electron chi connectivity index (χ4n) is 3.57. The maximum atomic E-state index is 12.2. The van der Waals surface area contributed by atoms with Crippen molar-refractivity contribution in [3.8, 4) is 5.75 Å². The third kappa shape index (κ3) is 5.30. The molecule has 1 fully saturated rings. The Bertz CT molecular complexity index is 746. The number of carbonyl (C=O) groups excluding carboxylic acids is 2. The second-order valence-corrected chi connectivity index (χ2v) is 7.03. The number of anilines is 1. The van der Waals surface area contributed by atoms with Crippen LogP contribution in [0.5, 0.6) is 5.75 Å². The number of ether oxygens (including phenoxy) is 2. The molecule has 0 aliphatic carbocycles. The highest BCUT2D eigenvalue weighted by atomic mass is 16.5. The first-order chi connectivity index (χ1) is 14.1. The zero-order valence-electron chi connectivity index (χ0n) is 17.0. The number of carbonyl (C=O) groups is 2. The van der Waals surface area contributed by atoms with Crippen LogP contribution < -0.4 is 20.3 Å². The number of nitrogens with one attached hydrogen (secondary N) is 2. The van der Waals surface area contributed by atoms with E-state index in [9.17, 15) is 9.59 Å². The van der Waals surface area contributed by atoms with Gasteiger partial charge in [0, 0.05) is 39.3 Å². The van der Waals surface area contributed by atoms with Crippen molar-refractivity contribution in [2.24, 2.45) is 4.99 Å². The second-order valence-electron chi connectivity index (χ2n) is 7.03. The Morgan fingerprint density at radius 2 is 2.07 bits per heavy atom. The van der Waals surface area contributed by atoms with Crippen molar-refractivity contribution in [1.29, 1.82) is 0 Å².